The van der Waals surface area contributed by atoms with Crippen LogP contribution in [-0.2, 0) is 14.0 Å². The molecule has 7 nitrogen and oxygen atoms in total. The third-order valence-corrected chi connectivity index (χ3v) is 5.79. The molecule has 0 spiro atoms. The number of likely N-dealkylation sites (tertiary alicyclic amines) is 1. The van der Waals surface area contributed by atoms with Gasteiger partial charge in [0.25, 0.3) is 0 Å². The molecule has 0 bridgehead atoms. The molecular formula is C19H34BN3O4. The topological polar surface area (TPSA) is 69.0 Å². The maximum absolute atomic E-state index is 10.3. The largest absolute Gasteiger partial charge is 0.498 e. The van der Waals surface area contributed by atoms with E-state index in [9.17, 15) is 5.11 Å². The van der Waals surface area contributed by atoms with Gasteiger partial charge in [0, 0.05) is 30.9 Å². The number of nitrogens with zero attached hydrogens (tertiary/aromatic N) is 3. The fraction of sp³-hybridized carbons (Fsp3) is 0.842. The van der Waals surface area contributed by atoms with Crippen molar-refractivity contribution < 1.29 is 19.2 Å². The molecule has 152 valence electrons. The molecule has 3 rings (SSSR count). The van der Waals surface area contributed by atoms with E-state index in [0.717, 1.165) is 31.4 Å². The van der Waals surface area contributed by atoms with E-state index in [1.807, 2.05) is 42.7 Å². The van der Waals surface area contributed by atoms with E-state index in [1.54, 1.807) is 0 Å². The van der Waals surface area contributed by atoms with E-state index < -0.39 is 6.41 Å². The Hall–Kier alpha value is -0.925. The Bertz CT molecular complexity index is 632. The Morgan fingerprint density at radius 1 is 1.19 bits per heavy atom. The van der Waals surface area contributed by atoms with Gasteiger partial charge in [-0.15, -0.1) is 0 Å². The van der Waals surface area contributed by atoms with Crippen molar-refractivity contribution in [2.24, 2.45) is 0 Å². The van der Waals surface area contributed by atoms with Crippen molar-refractivity contribution in [1.82, 2.24) is 14.7 Å². The lowest BCUT2D eigenvalue weighted by Crippen LogP contribution is -2.46. The fourth-order valence-corrected chi connectivity index (χ4v) is 3.42. The summed E-state index contributed by atoms with van der Waals surface area (Å²) in [4.78, 5) is 1.97. The average molecular weight is 379 g/mol. The quantitative estimate of drug-likeness (QED) is 0.637. The van der Waals surface area contributed by atoms with Gasteiger partial charge in [0.1, 0.15) is 0 Å². The van der Waals surface area contributed by atoms with Crippen LogP contribution in [-0.4, -0.2) is 63.2 Å². The first-order chi connectivity index (χ1) is 12.4. The van der Waals surface area contributed by atoms with Crippen molar-refractivity contribution in [2.75, 3.05) is 13.1 Å². The molecule has 27 heavy (non-hydrogen) atoms. The van der Waals surface area contributed by atoms with Crippen molar-refractivity contribution in [3.8, 4) is 0 Å². The van der Waals surface area contributed by atoms with Crippen LogP contribution in [0.2, 0.25) is 0 Å². The first kappa shape index (κ1) is 20.8. The highest BCUT2D eigenvalue weighted by atomic mass is 16.7. The molecule has 0 aromatic carbocycles. The van der Waals surface area contributed by atoms with Gasteiger partial charge in [0.2, 0.25) is 6.41 Å². The second-order valence-electron chi connectivity index (χ2n) is 9.67. The molecule has 0 amide bonds. The zero-order valence-electron chi connectivity index (χ0n) is 17.7. The van der Waals surface area contributed by atoms with E-state index in [0.29, 0.717) is 6.04 Å². The van der Waals surface area contributed by atoms with E-state index in [4.69, 9.17) is 14.0 Å². The van der Waals surface area contributed by atoms with Crippen molar-refractivity contribution in [3.63, 3.8) is 0 Å². The summed E-state index contributed by atoms with van der Waals surface area (Å²) in [5, 5.41) is 14.8. The van der Waals surface area contributed by atoms with Gasteiger partial charge in [-0.05, 0) is 61.3 Å². The number of rotatable bonds is 4. The molecular weight excluding hydrogens is 345 g/mol. The van der Waals surface area contributed by atoms with E-state index in [2.05, 4.69) is 32.8 Å². The second-order valence-corrected chi connectivity index (χ2v) is 9.67. The van der Waals surface area contributed by atoms with Crippen LogP contribution < -0.4 is 5.46 Å². The lowest BCUT2D eigenvalue weighted by molar-refractivity contribution is -0.243. The lowest BCUT2D eigenvalue weighted by atomic mass is 9.82. The summed E-state index contributed by atoms with van der Waals surface area (Å²) in [6.45, 7) is 15.6. The maximum Gasteiger partial charge on any atom is 0.498 e. The minimum Gasteiger partial charge on any atom is -0.399 e. The van der Waals surface area contributed by atoms with Crippen LogP contribution in [0, 0.1) is 0 Å². The fourth-order valence-electron chi connectivity index (χ4n) is 3.42. The van der Waals surface area contributed by atoms with Crippen molar-refractivity contribution >= 4 is 12.6 Å². The molecule has 3 heterocycles. The van der Waals surface area contributed by atoms with Gasteiger partial charge < -0.3 is 19.2 Å². The summed E-state index contributed by atoms with van der Waals surface area (Å²) in [6, 6.07) is 0.305. The van der Waals surface area contributed by atoms with Gasteiger partial charge in [-0.25, -0.2) is 0 Å². The Morgan fingerprint density at radius 3 is 2.26 bits per heavy atom. The third kappa shape index (κ3) is 4.57. The van der Waals surface area contributed by atoms with E-state index >= 15 is 0 Å². The molecule has 0 radical (unpaired) electrons. The van der Waals surface area contributed by atoms with Crippen LogP contribution >= 0.6 is 0 Å². The molecule has 1 unspecified atom stereocenters. The minimum absolute atomic E-state index is 0.305. The van der Waals surface area contributed by atoms with Gasteiger partial charge in [0.15, 0.2) is 0 Å². The summed E-state index contributed by atoms with van der Waals surface area (Å²) in [5.74, 6) is 0. The van der Waals surface area contributed by atoms with Crippen LogP contribution in [0.5, 0.6) is 0 Å². The lowest BCUT2D eigenvalue weighted by Gasteiger charge is -2.37. The smallest absolute Gasteiger partial charge is 0.399 e. The van der Waals surface area contributed by atoms with Crippen molar-refractivity contribution in [1.29, 1.82) is 0 Å². The monoisotopic (exact) mass is 379 g/mol. The van der Waals surface area contributed by atoms with Crippen LogP contribution in [0.25, 0.3) is 0 Å². The number of aromatic nitrogens is 2. The van der Waals surface area contributed by atoms with Gasteiger partial charge in [-0.1, -0.05) is 0 Å². The van der Waals surface area contributed by atoms with Crippen LogP contribution in [0.3, 0.4) is 0 Å². The van der Waals surface area contributed by atoms with E-state index in [1.165, 1.54) is 0 Å². The summed E-state index contributed by atoms with van der Waals surface area (Å²) in [6.07, 6.45) is 4.84. The molecule has 1 aromatic rings. The molecule has 0 saturated carbocycles. The molecule has 8 heteroatoms. The molecule has 0 aliphatic carbocycles. The van der Waals surface area contributed by atoms with Gasteiger partial charge in [-0.2, -0.15) is 5.10 Å². The molecule has 2 aliphatic rings. The molecule has 1 N–H and O–H groups in total. The van der Waals surface area contributed by atoms with Crippen LogP contribution in [0.15, 0.2) is 12.4 Å². The zero-order chi connectivity index (χ0) is 20.0. The van der Waals surface area contributed by atoms with Gasteiger partial charge in [0.05, 0.1) is 22.8 Å². The first-order valence-corrected chi connectivity index (χ1v) is 9.88. The van der Waals surface area contributed by atoms with Crippen LogP contribution in [0.1, 0.15) is 67.3 Å². The Balaban J connectivity index is 1.58. The van der Waals surface area contributed by atoms with E-state index in [-0.39, 0.29) is 23.9 Å². The van der Waals surface area contributed by atoms with Crippen molar-refractivity contribution in [3.05, 3.63) is 12.4 Å². The third-order valence-electron chi connectivity index (χ3n) is 5.79. The predicted octanol–water partition coefficient (Wildman–Crippen LogP) is 1.91. The highest BCUT2D eigenvalue weighted by molar-refractivity contribution is 6.62. The predicted molar refractivity (Wildman–Crippen MR) is 105 cm³/mol. The number of piperidine rings is 1. The van der Waals surface area contributed by atoms with Gasteiger partial charge in [-0.3, -0.25) is 9.58 Å². The Kier molecular flexibility index (Phi) is 5.51. The highest BCUT2D eigenvalue weighted by Crippen LogP contribution is 2.36. The maximum atomic E-state index is 10.3. The standard InChI is InChI=1S/C19H34BN3O4/c1-17(2,3)25-16(24)22-10-8-15(9-11-22)23-13-14(12-21-23)20-26-18(4,5)19(6,7)27-20/h12-13,15-16,24H,8-11H2,1-7H3. The molecule has 2 fully saturated rings. The average Bonchev–Trinajstić information content (AvgIpc) is 3.09. The Morgan fingerprint density at radius 2 is 1.74 bits per heavy atom. The molecule has 2 aliphatic heterocycles. The van der Waals surface area contributed by atoms with Gasteiger partial charge >= 0.3 is 7.12 Å². The highest BCUT2D eigenvalue weighted by Gasteiger charge is 2.52. The number of hydrogen-bond acceptors (Lipinski definition) is 6. The zero-order valence-corrected chi connectivity index (χ0v) is 17.7. The minimum atomic E-state index is -0.858. The molecule has 1 atom stereocenters. The Labute approximate surface area is 163 Å². The summed E-state index contributed by atoms with van der Waals surface area (Å²) in [7, 11) is -0.383. The van der Waals surface area contributed by atoms with Crippen LogP contribution in [0.4, 0.5) is 0 Å². The molecule has 1 aromatic heterocycles. The summed E-state index contributed by atoms with van der Waals surface area (Å²) >= 11 is 0. The normalized spacial score (nSPS) is 25.1. The summed E-state index contributed by atoms with van der Waals surface area (Å²) in [5.41, 5.74) is -0.120. The number of aliphatic hydroxyl groups is 1. The molecule has 2 saturated heterocycles. The number of aliphatic hydroxyl groups excluding tert-OH is 1. The first-order valence-electron chi connectivity index (χ1n) is 9.88. The number of hydrogen-bond donors (Lipinski definition) is 1. The number of ether oxygens (including phenoxy) is 1. The summed E-state index contributed by atoms with van der Waals surface area (Å²) < 4.78 is 19.9. The SMILES string of the molecule is CC(C)(C)OC(O)N1CCC(n2cc(B3OC(C)(C)C(C)(C)O3)cn2)CC1. The van der Waals surface area contributed by atoms with Crippen molar-refractivity contribution in [2.45, 2.75) is 90.6 Å². The second kappa shape index (κ2) is 7.15.